The molecule has 2 heterocycles. The third-order valence-corrected chi connectivity index (χ3v) is 6.85. The van der Waals surface area contributed by atoms with Gasteiger partial charge in [-0.2, -0.15) is 0 Å². The molecule has 1 saturated heterocycles. The number of nitrogens with zero attached hydrogens (tertiary/aromatic N) is 2. The van der Waals surface area contributed by atoms with E-state index in [0.717, 1.165) is 32.0 Å². The van der Waals surface area contributed by atoms with Crippen LogP contribution in [-0.2, 0) is 16.6 Å². The van der Waals surface area contributed by atoms with Crippen LogP contribution in [0.2, 0.25) is 0 Å². The fraction of sp³-hybridized carbons (Fsp3) is 0.450. The first kappa shape index (κ1) is 20.4. The Morgan fingerprint density at radius 1 is 1.00 bits per heavy atom. The largest absolute Gasteiger partial charge is 0.508 e. The minimum absolute atomic E-state index is 0.174. The first-order chi connectivity index (χ1) is 13.3. The number of phenolic OH excluding ortho intramolecular Hbond substituents is 1. The standard InChI is InChI=1S/C20H26N2O5S/c1-15-7-8-17(13-18(15)23)28(26,27)22-12-9-16(19(24)20(22)25)14-21-10-5-3-2-4-6-11-21/h7-9,12-13,23-24H,2-6,10-11,14H2,1H3. The van der Waals surface area contributed by atoms with Crippen LogP contribution in [0.15, 0.2) is 40.2 Å². The number of rotatable bonds is 4. The monoisotopic (exact) mass is 406 g/mol. The highest BCUT2D eigenvalue weighted by molar-refractivity contribution is 7.90. The lowest BCUT2D eigenvalue weighted by atomic mass is 10.1. The molecule has 0 aliphatic carbocycles. The Morgan fingerprint density at radius 2 is 1.64 bits per heavy atom. The molecule has 0 amide bonds. The first-order valence-electron chi connectivity index (χ1n) is 9.52. The molecule has 1 aliphatic heterocycles. The molecule has 1 aliphatic rings. The number of aromatic nitrogens is 1. The highest BCUT2D eigenvalue weighted by Gasteiger charge is 2.23. The molecule has 8 heteroatoms. The lowest BCUT2D eigenvalue weighted by Gasteiger charge is -2.24. The van der Waals surface area contributed by atoms with Crippen molar-refractivity contribution >= 4 is 10.0 Å². The number of phenols is 1. The van der Waals surface area contributed by atoms with Crippen LogP contribution in [0.5, 0.6) is 11.5 Å². The molecule has 1 aromatic heterocycles. The van der Waals surface area contributed by atoms with Crippen molar-refractivity contribution in [2.24, 2.45) is 0 Å². The fourth-order valence-corrected chi connectivity index (χ4v) is 4.69. The van der Waals surface area contributed by atoms with Gasteiger partial charge >= 0.3 is 5.56 Å². The molecule has 0 bridgehead atoms. The SMILES string of the molecule is Cc1ccc(S(=O)(=O)n2ccc(CN3CCCCCCC3)c(O)c2=O)cc1O. The second kappa shape index (κ2) is 8.36. The molecule has 7 nitrogen and oxygen atoms in total. The number of hydrogen-bond acceptors (Lipinski definition) is 6. The molecule has 0 atom stereocenters. The van der Waals surface area contributed by atoms with E-state index in [1.54, 1.807) is 6.92 Å². The zero-order valence-electron chi connectivity index (χ0n) is 16.0. The summed E-state index contributed by atoms with van der Waals surface area (Å²) in [5, 5.41) is 20.2. The van der Waals surface area contributed by atoms with Crippen molar-refractivity contribution in [2.45, 2.75) is 50.5 Å². The molecular formula is C20H26N2O5S. The van der Waals surface area contributed by atoms with Crippen molar-refractivity contribution in [2.75, 3.05) is 13.1 Å². The summed E-state index contributed by atoms with van der Waals surface area (Å²) in [4.78, 5) is 14.5. The van der Waals surface area contributed by atoms with E-state index in [4.69, 9.17) is 0 Å². The Labute approximate surface area is 164 Å². The number of benzene rings is 1. The molecule has 0 radical (unpaired) electrons. The van der Waals surface area contributed by atoms with E-state index in [-0.39, 0.29) is 10.6 Å². The third kappa shape index (κ3) is 4.23. The molecule has 2 aromatic rings. The molecule has 152 valence electrons. The lowest BCUT2D eigenvalue weighted by molar-refractivity contribution is 0.236. The summed E-state index contributed by atoms with van der Waals surface area (Å²) in [6, 6.07) is 5.36. The van der Waals surface area contributed by atoms with Gasteiger partial charge in [0.25, 0.3) is 10.0 Å². The first-order valence-corrected chi connectivity index (χ1v) is 11.0. The predicted molar refractivity (Wildman–Crippen MR) is 106 cm³/mol. The van der Waals surface area contributed by atoms with Crippen LogP contribution >= 0.6 is 0 Å². The maximum Gasteiger partial charge on any atom is 0.306 e. The third-order valence-electron chi connectivity index (χ3n) is 5.20. The van der Waals surface area contributed by atoms with E-state index in [1.807, 2.05) is 0 Å². The molecule has 3 rings (SSSR count). The Bertz CT molecular complexity index is 1010. The van der Waals surface area contributed by atoms with E-state index in [0.29, 0.717) is 21.6 Å². The second-order valence-corrected chi connectivity index (χ2v) is 9.10. The zero-order valence-corrected chi connectivity index (χ0v) is 16.8. The van der Waals surface area contributed by atoms with Crippen LogP contribution in [0.3, 0.4) is 0 Å². The Hall–Kier alpha value is -2.32. The minimum atomic E-state index is -4.22. The van der Waals surface area contributed by atoms with Crippen LogP contribution in [0.25, 0.3) is 0 Å². The van der Waals surface area contributed by atoms with Crippen LogP contribution in [-0.4, -0.2) is 40.6 Å². The maximum atomic E-state index is 12.8. The topological polar surface area (TPSA) is 99.8 Å². The van der Waals surface area contributed by atoms with Crippen molar-refractivity contribution in [3.05, 3.63) is 51.9 Å². The van der Waals surface area contributed by atoms with Crippen molar-refractivity contribution in [1.29, 1.82) is 0 Å². The lowest BCUT2D eigenvalue weighted by Crippen LogP contribution is -2.30. The zero-order chi connectivity index (χ0) is 20.3. The van der Waals surface area contributed by atoms with Crippen LogP contribution in [0, 0.1) is 6.92 Å². The van der Waals surface area contributed by atoms with Crippen molar-refractivity contribution < 1.29 is 18.6 Å². The smallest absolute Gasteiger partial charge is 0.306 e. The molecule has 1 aromatic carbocycles. The molecule has 0 unspecified atom stereocenters. The predicted octanol–water partition coefficient (Wildman–Crippen LogP) is 2.57. The number of pyridine rings is 1. The normalized spacial score (nSPS) is 16.5. The average molecular weight is 407 g/mol. The highest BCUT2D eigenvalue weighted by Crippen LogP contribution is 2.23. The van der Waals surface area contributed by atoms with Crippen LogP contribution in [0.1, 0.15) is 43.2 Å². The van der Waals surface area contributed by atoms with Gasteiger partial charge < -0.3 is 10.2 Å². The van der Waals surface area contributed by atoms with Crippen molar-refractivity contribution in [3.63, 3.8) is 0 Å². The Kier molecular flexibility index (Phi) is 6.10. The van der Waals surface area contributed by atoms with E-state index < -0.39 is 21.3 Å². The summed E-state index contributed by atoms with van der Waals surface area (Å²) < 4.78 is 26.1. The summed E-state index contributed by atoms with van der Waals surface area (Å²) in [5.41, 5.74) is -0.0360. The van der Waals surface area contributed by atoms with Gasteiger partial charge in [-0.3, -0.25) is 9.69 Å². The van der Waals surface area contributed by atoms with Gasteiger partial charge in [-0.05, 0) is 50.6 Å². The van der Waals surface area contributed by atoms with Crippen molar-refractivity contribution in [1.82, 2.24) is 8.87 Å². The summed E-state index contributed by atoms with van der Waals surface area (Å²) in [5.74, 6) is -0.725. The van der Waals surface area contributed by atoms with Gasteiger partial charge in [-0.15, -0.1) is 0 Å². The molecular weight excluding hydrogens is 380 g/mol. The maximum absolute atomic E-state index is 12.8. The van der Waals surface area contributed by atoms with Crippen LogP contribution in [0.4, 0.5) is 0 Å². The molecule has 0 spiro atoms. The highest BCUT2D eigenvalue weighted by atomic mass is 32.2. The molecule has 1 fully saturated rings. The quantitative estimate of drug-likeness (QED) is 0.810. The van der Waals surface area contributed by atoms with Gasteiger partial charge in [0.05, 0.1) is 4.90 Å². The van der Waals surface area contributed by atoms with Gasteiger partial charge in [0.2, 0.25) is 0 Å². The summed E-state index contributed by atoms with van der Waals surface area (Å²) in [6.07, 6.45) is 6.90. The number of aromatic hydroxyl groups is 2. The Morgan fingerprint density at radius 3 is 2.29 bits per heavy atom. The molecule has 28 heavy (non-hydrogen) atoms. The number of likely N-dealkylation sites (tertiary alicyclic amines) is 1. The van der Waals surface area contributed by atoms with Gasteiger partial charge in [-0.25, -0.2) is 12.4 Å². The second-order valence-electron chi connectivity index (χ2n) is 7.29. The Balaban J connectivity index is 1.90. The average Bonchev–Trinajstić information content (AvgIpc) is 2.63. The fourth-order valence-electron chi connectivity index (χ4n) is 3.44. The molecule has 0 saturated carbocycles. The summed E-state index contributed by atoms with van der Waals surface area (Å²) in [6.45, 7) is 3.84. The van der Waals surface area contributed by atoms with Crippen molar-refractivity contribution in [3.8, 4) is 11.5 Å². The van der Waals surface area contributed by atoms with Gasteiger partial charge in [-0.1, -0.05) is 25.3 Å². The summed E-state index contributed by atoms with van der Waals surface area (Å²) in [7, 11) is -4.22. The summed E-state index contributed by atoms with van der Waals surface area (Å²) >= 11 is 0. The minimum Gasteiger partial charge on any atom is -0.508 e. The van der Waals surface area contributed by atoms with Gasteiger partial charge in [0.15, 0.2) is 5.75 Å². The molecule has 2 N–H and O–H groups in total. The van der Waals surface area contributed by atoms with E-state index in [2.05, 4.69) is 4.90 Å². The number of aryl methyl sites for hydroxylation is 1. The van der Waals surface area contributed by atoms with E-state index >= 15 is 0 Å². The van der Waals surface area contributed by atoms with Crippen LogP contribution < -0.4 is 5.56 Å². The van der Waals surface area contributed by atoms with Gasteiger partial charge in [0, 0.05) is 24.4 Å². The van der Waals surface area contributed by atoms with E-state index in [1.165, 1.54) is 43.7 Å². The number of hydrogen-bond donors (Lipinski definition) is 2. The van der Waals surface area contributed by atoms with Gasteiger partial charge in [0.1, 0.15) is 5.75 Å². The van der Waals surface area contributed by atoms with E-state index in [9.17, 15) is 23.4 Å².